The van der Waals surface area contributed by atoms with E-state index in [4.69, 9.17) is 5.73 Å². The molecule has 0 unspecified atom stereocenters. The van der Waals surface area contributed by atoms with Crippen molar-refractivity contribution in [2.75, 3.05) is 0 Å². The monoisotopic (exact) mass is 254 g/mol. The van der Waals surface area contributed by atoms with Gasteiger partial charge in [0.25, 0.3) is 0 Å². The van der Waals surface area contributed by atoms with Crippen LogP contribution in [0.25, 0.3) is 0 Å². The molecule has 0 saturated heterocycles. The molecule has 4 heteroatoms. The highest BCUT2D eigenvalue weighted by molar-refractivity contribution is 7.12. The van der Waals surface area contributed by atoms with Gasteiger partial charge in [-0.3, -0.25) is 4.79 Å². The van der Waals surface area contributed by atoms with Crippen molar-refractivity contribution in [1.29, 1.82) is 0 Å². The molecule has 1 atom stereocenters. The van der Waals surface area contributed by atoms with E-state index in [0.717, 1.165) is 0 Å². The van der Waals surface area contributed by atoms with Crippen LogP contribution in [0, 0.1) is 19.3 Å². The van der Waals surface area contributed by atoms with E-state index in [1.165, 1.54) is 15.3 Å². The van der Waals surface area contributed by atoms with Crippen molar-refractivity contribution in [3.05, 3.63) is 21.4 Å². The largest absolute Gasteiger partial charge is 0.350 e. The number of amides is 1. The normalized spacial score (nSPS) is 13.5. The third-order valence-corrected chi connectivity index (χ3v) is 4.02. The van der Waals surface area contributed by atoms with Gasteiger partial charge in [0, 0.05) is 9.75 Å². The van der Waals surface area contributed by atoms with E-state index in [0.29, 0.717) is 6.54 Å². The van der Waals surface area contributed by atoms with Gasteiger partial charge in [-0.05, 0) is 30.9 Å². The zero-order valence-corrected chi connectivity index (χ0v) is 12.1. The minimum atomic E-state index is -0.468. The number of aryl methyl sites for hydroxylation is 2. The number of hydrogen-bond acceptors (Lipinski definition) is 3. The summed E-state index contributed by atoms with van der Waals surface area (Å²) in [6, 6.07) is 1.65. The SMILES string of the molecule is Cc1cc(CNC(=O)[C@H](N)C(C)(C)C)sc1C. The molecule has 1 aromatic rings. The quantitative estimate of drug-likeness (QED) is 0.870. The third-order valence-electron chi connectivity index (χ3n) is 2.87. The lowest BCUT2D eigenvalue weighted by Crippen LogP contribution is -2.48. The molecule has 0 fully saturated rings. The van der Waals surface area contributed by atoms with Gasteiger partial charge in [0.2, 0.25) is 5.91 Å². The number of nitrogens with one attached hydrogen (secondary N) is 1. The Kier molecular flexibility index (Phi) is 4.33. The maximum atomic E-state index is 11.8. The van der Waals surface area contributed by atoms with E-state index in [9.17, 15) is 4.79 Å². The van der Waals surface area contributed by atoms with E-state index >= 15 is 0 Å². The molecule has 0 aliphatic rings. The Labute approximate surface area is 107 Å². The fraction of sp³-hybridized carbons (Fsp3) is 0.615. The lowest BCUT2D eigenvalue weighted by Gasteiger charge is -2.25. The molecule has 1 amide bonds. The van der Waals surface area contributed by atoms with Crippen LogP contribution in [0.2, 0.25) is 0 Å². The molecule has 17 heavy (non-hydrogen) atoms. The molecule has 1 heterocycles. The first-order valence-electron chi connectivity index (χ1n) is 5.81. The van der Waals surface area contributed by atoms with Crippen molar-refractivity contribution in [2.24, 2.45) is 11.1 Å². The molecule has 1 rings (SSSR count). The number of thiophene rings is 1. The van der Waals surface area contributed by atoms with Crippen LogP contribution < -0.4 is 11.1 Å². The topological polar surface area (TPSA) is 55.1 Å². The highest BCUT2D eigenvalue weighted by Gasteiger charge is 2.27. The molecule has 1 aromatic heterocycles. The maximum Gasteiger partial charge on any atom is 0.237 e. The smallest absolute Gasteiger partial charge is 0.237 e. The van der Waals surface area contributed by atoms with Crippen LogP contribution in [0.3, 0.4) is 0 Å². The van der Waals surface area contributed by atoms with Gasteiger partial charge in [-0.2, -0.15) is 0 Å². The fourth-order valence-corrected chi connectivity index (χ4v) is 2.41. The van der Waals surface area contributed by atoms with E-state index in [1.54, 1.807) is 11.3 Å². The zero-order chi connectivity index (χ0) is 13.2. The zero-order valence-electron chi connectivity index (χ0n) is 11.3. The van der Waals surface area contributed by atoms with Crippen LogP contribution >= 0.6 is 11.3 Å². The lowest BCUT2D eigenvalue weighted by molar-refractivity contribution is -0.124. The molecule has 0 aromatic carbocycles. The molecular weight excluding hydrogens is 232 g/mol. The predicted molar refractivity (Wildman–Crippen MR) is 73.1 cm³/mol. The molecule has 0 radical (unpaired) electrons. The van der Waals surface area contributed by atoms with Crippen LogP contribution in [-0.4, -0.2) is 11.9 Å². The average Bonchev–Trinajstić information content (AvgIpc) is 2.52. The van der Waals surface area contributed by atoms with Gasteiger partial charge in [-0.25, -0.2) is 0 Å². The van der Waals surface area contributed by atoms with Gasteiger partial charge in [0.05, 0.1) is 12.6 Å². The van der Waals surface area contributed by atoms with Gasteiger partial charge in [0.15, 0.2) is 0 Å². The Bertz CT molecular complexity index is 385. The Morgan fingerprint density at radius 1 is 1.47 bits per heavy atom. The third kappa shape index (κ3) is 3.82. The number of carbonyl (C=O) groups is 1. The summed E-state index contributed by atoms with van der Waals surface area (Å²) in [7, 11) is 0. The Balaban J connectivity index is 2.54. The molecule has 96 valence electrons. The summed E-state index contributed by atoms with van der Waals surface area (Å²) < 4.78 is 0. The number of carbonyl (C=O) groups excluding carboxylic acids is 1. The summed E-state index contributed by atoms with van der Waals surface area (Å²) in [5.41, 5.74) is 6.96. The molecule has 0 aliphatic heterocycles. The first kappa shape index (κ1) is 14.2. The van der Waals surface area contributed by atoms with Crippen molar-refractivity contribution >= 4 is 17.2 Å². The van der Waals surface area contributed by atoms with Crippen LogP contribution in [-0.2, 0) is 11.3 Å². The van der Waals surface area contributed by atoms with Crippen LogP contribution in [0.15, 0.2) is 6.07 Å². The molecule has 0 aliphatic carbocycles. The van der Waals surface area contributed by atoms with Crippen molar-refractivity contribution in [2.45, 2.75) is 47.2 Å². The lowest BCUT2D eigenvalue weighted by atomic mass is 9.87. The van der Waals surface area contributed by atoms with Gasteiger partial charge < -0.3 is 11.1 Å². The van der Waals surface area contributed by atoms with Crippen LogP contribution in [0.4, 0.5) is 0 Å². The summed E-state index contributed by atoms with van der Waals surface area (Å²) in [4.78, 5) is 14.3. The fourth-order valence-electron chi connectivity index (χ4n) is 1.41. The van der Waals surface area contributed by atoms with Crippen LogP contribution in [0.1, 0.15) is 36.1 Å². The maximum absolute atomic E-state index is 11.8. The van der Waals surface area contributed by atoms with Crippen molar-refractivity contribution < 1.29 is 4.79 Å². The van der Waals surface area contributed by atoms with E-state index < -0.39 is 6.04 Å². The molecule has 0 bridgehead atoms. The highest BCUT2D eigenvalue weighted by Crippen LogP contribution is 2.21. The molecule has 3 N–H and O–H groups in total. The number of nitrogens with two attached hydrogens (primary N) is 1. The summed E-state index contributed by atoms with van der Waals surface area (Å²) in [5, 5.41) is 2.89. The standard InChI is InChI=1S/C13H22N2OS/c1-8-6-10(17-9(8)2)7-15-12(16)11(14)13(3,4)5/h6,11H,7,14H2,1-5H3,(H,15,16)/t11-/m0/s1. The number of hydrogen-bond donors (Lipinski definition) is 2. The second-order valence-electron chi connectivity index (χ2n) is 5.51. The summed E-state index contributed by atoms with van der Waals surface area (Å²) in [5.74, 6) is -0.0822. The first-order chi connectivity index (χ1) is 7.71. The van der Waals surface area contributed by atoms with Crippen molar-refractivity contribution in [3.63, 3.8) is 0 Å². The minimum absolute atomic E-state index is 0.0822. The van der Waals surface area contributed by atoms with Gasteiger partial charge in [-0.1, -0.05) is 20.8 Å². The van der Waals surface area contributed by atoms with Gasteiger partial charge in [-0.15, -0.1) is 11.3 Å². The Morgan fingerprint density at radius 2 is 2.06 bits per heavy atom. The van der Waals surface area contributed by atoms with Crippen molar-refractivity contribution in [1.82, 2.24) is 5.32 Å². The van der Waals surface area contributed by atoms with Crippen molar-refractivity contribution in [3.8, 4) is 0 Å². The molecule has 0 saturated carbocycles. The molecule has 0 spiro atoms. The second kappa shape index (κ2) is 5.19. The molecular formula is C13H22N2OS. The Morgan fingerprint density at radius 3 is 2.47 bits per heavy atom. The van der Waals surface area contributed by atoms with E-state index in [-0.39, 0.29) is 11.3 Å². The predicted octanol–water partition coefficient (Wildman–Crippen LogP) is 2.35. The van der Waals surface area contributed by atoms with Gasteiger partial charge in [0.1, 0.15) is 0 Å². The number of rotatable bonds is 3. The average molecular weight is 254 g/mol. The van der Waals surface area contributed by atoms with E-state index in [1.807, 2.05) is 20.8 Å². The molecule has 3 nitrogen and oxygen atoms in total. The van der Waals surface area contributed by atoms with Crippen LogP contribution in [0.5, 0.6) is 0 Å². The first-order valence-corrected chi connectivity index (χ1v) is 6.62. The highest BCUT2D eigenvalue weighted by atomic mass is 32.1. The van der Waals surface area contributed by atoms with E-state index in [2.05, 4.69) is 25.2 Å². The second-order valence-corrected chi connectivity index (χ2v) is 6.85. The summed E-state index contributed by atoms with van der Waals surface area (Å²) >= 11 is 1.72. The summed E-state index contributed by atoms with van der Waals surface area (Å²) in [6.07, 6.45) is 0. The minimum Gasteiger partial charge on any atom is -0.350 e. The summed E-state index contributed by atoms with van der Waals surface area (Å²) in [6.45, 7) is 10.6. The van der Waals surface area contributed by atoms with Gasteiger partial charge >= 0.3 is 0 Å². The Hall–Kier alpha value is -0.870.